The van der Waals surface area contributed by atoms with Crippen LogP contribution in [-0.2, 0) is 4.79 Å². The molecule has 0 aliphatic carbocycles. The molecule has 1 unspecified atom stereocenters. The van der Waals surface area contributed by atoms with E-state index in [9.17, 15) is 4.79 Å². The molecule has 0 saturated carbocycles. The number of carbonyl (C=O) groups is 1. The number of methoxy groups -OCH3 is 1. The molecule has 5 heteroatoms. The molecular formula is C24H21N3O2. The molecule has 3 aromatic rings. The van der Waals surface area contributed by atoms with Crippen molar-refractivity contribution in [3.63, 3.8) is 0 Å². The summed E-state index contributed by atoms with van der Waals surface area (Å²) in [7, 11) is 1.66. The van der Waals surface area contributed by atoms with E-state index in [0.29, 0.717) is 5.82 Å². The van der Waals surface area contributed by atoms with Crippen molar-refractivity contribution in [1.82, 2.24) is 10.3 Å². The largest absolute Gasteiger partial charge is 0.496 e. The number of benzene rings is 2. The summed E-state index contributed by atoms with van der Waals surface area (Å²) in [5.74, 6) is 1.46. The summed E-state index contributed by atoms with van der Waals surface area (Å²) in [4.78, 5) is 16.3. The van der Waals surface area contributed by atoms with Gasteiger partial charge in [0.25, 0.3) is 0 Å². The molecule has 5 nitrogen and oxygen atoms in total. The number of aromatic nitrogens is 1. The third-order valence-electron chi connectivity index (χ3n) is 4.78. The molecular weight excluding hydrogens is 362 g/mol. The zero-order valence-corrected chi connectivity index (χ0v) is 16.0. The molecule has 0 saturated heterocycles. The molecule has 29 heavy (non-hydrogen) atoms. The van der Waals surface area contributed by atoms with Crippen molar-refractivity contribution in [3.05, 3.63) is 89.2 Å². The van der Waals surface area contributed by atoms with Gasteiger partial charge in [-0.15, -0.1) is 0 Å². The van der Waals surface area contributed by atoms with Gasteiger partial charge >= 0.3 is 0 Å². The summed E-state index contributed by atoms with van der Waals surface area (Å²) in [5.41, 5.74) is 4.60. The molecule has 1 aliphatic heterocycles. The predicted octanol–water partition coefficient (Wildman–Crippen LogP) is 4.82. The van der Waals surface area contributed by atoms with Crippen LogP contribution in [0.3, 0.4) is 0 Å². The minimum Gasteiger partial charge on any atom is -0.496 e. The first-order chi connectivity index (χ1) is 14.3. The maximum atomic E-state index is 11.7. The van der Waals surface area contributed by atoms with Gasteiger partial charge in [-0.05, 0) is 36.0 Å². The van der Waals surface area contributed by atoms with Crippen LogP contribution in [0.2, 0.25) is 0 Å². The number of anilines is 2. The number of aldehydes is 1. The van der Waals surface area contributed by atoms with Gasteiger partial charge in [0.1, 0.15) is 23.9 Å². The number of rotatable bonds is 6. The number of nitrogens with one attached hydrogen (secondary N) is 2. The van der Waals surface area contributed by atoms with Crippen molar-refractivity contribution < 1.29 is 9.53 Å². The summed E-state index contributed by atoms with van der Waals surface area (Å²) in [6, 6.07) is 17.1. The first kappa shape index (κ1) is 18.5. The second-order valence-corrected chi connectivity index (χ2v) is 6.57. The Labute approximate surface area is 169 Å². The van der Waals surface area contributed by atoms with Crippen LogP contribution < -0.4 is 15.4 Å². The van der Waals surface area contributed by atoms with E-state index in [0.717, 1.165) is 40.0 Å². The fraction of sp³-hybridized carbons (Fsp3) is 0.0833. The van der Waals surface area contributed by atoms with E-state index < -0.39 is 6.04 Å². The van der Waals surface area contributed by atoms with Crippen molar-refractivity contribution in [2.24, 2.45) is 0 Å². The predicted molar refractivity (Wildman–Crippen MR) is 117 cm³/mol. The molecule has 4 rings (SSSR count). The lowest BCUT2D eigenvalue weighted by Gasteiger charge is -2.23. The molecule has 2 aromatic carbocycles. The van der Waals surface area contributed by atoms with Gasteiger partial charge in [-0.3, -0.25) is 0 Å². The van der Waals surface area contributed by atoms with Gasteiger partial charge in [-0.2, -0.15) is 0 Å². The quantitative estimate of drug-likeness (QED) is 0.598. The van der Waals surface area contributed by atoms with Crippen molar-refractivity contribution >= 4 is 36.0 Å². The second kappa shape index (κ2) is 8.44. The Morgan fingerprint density at radius 3 is 2.59 bits per heavy atom. The van der Waals surface area contributed by atoms with Gasteiger partial charge in [0, 0.05) is 28.6 Å². The number of nitrogens with zero attached hydrogens (tertiary/aromatic N) is 1. The van der Waals surface area contributed by atoms with E-state index in [-0.39, 0.29) is 0 Å². The highest BCUT2D eigenvalue weighted by atomic mass is 16.5. The Morgan fingerprint density at radius 1 is 1.03 bits per heavy atom. The van der Waals surface area contributed by atoms with Crippen LogP contribution in [0.5, 0.6) is 5.75 Å². The van der Waals surface area contributed by atoms with Crippen molar-refractivity contribution in [2.45, 2.75) is 6.04 Å². The monoisotopic (exact) mass is 383 g/mol. The van der Waals surface area contributed by atoms with Crippen molar-refractivity contribution in [2.75, 3.05) is 12.4 Å². The minimum atomic E-state index is -0.465. The lowest BCUT2D eigenvalue weighted by atomic mass is 9.94. The fourth-order valence-electron chi connectivity index (χ4n) is 3.36. The molecule has 2 N–H and O–H groups in total. The van der Waals surface area contributed by atoms with Crippen LogP contribution in [0, 0.1) is 0 Å². The standard InChI is InChI=1S/C24H21N3O2/c1-29-22-10-6-5-7-17(22)11-12-18-15-26-24(27-19-8-3-2-4-9-19)23-20(18)13-14-25-21(23)16-28/h2-16,21,25H,1H3,(H,26,27)/b12-11+. The Morgan fingerprint density at radius 2 is 1.79 bits per heavy atom. The number of hydrogen-bond acceptors (Lipinski definition) is 5. The Balaban J connectivity index is 1.76. The number of para-hydroxylation sites is 2. The number of fused-ring (bicyclic) bond motifs is 1. The molecule has 0 fully saturated rings. The zero-order chi connectivity index (χ0) is 20.1. The summed E-state index contributed by atoms with van der Waals surface area (Å²) in [5, 5.41) is 6.43. The minimum absolute atomic E-state index is 0.465. The highest BCUT2D eigenvalue weighted by Crippen LogP contribution is 2.33. The maximum Gasteiger partial charge on any atom is 0.146 e. The zero-order valence-electron chi connectivity index (χ0n) is 16.0. The van der Waals surface area contributed by atoms with Crippen LogP contribution in [0.25, 0.3) is 18.2 Å². The second-order valence-electron chi connectivity index (χ2n) is 6.57. The van der Waals surface area contributed by atoms with E-state index in [4.69, 9.17) is 4.74 Å². The van der Waals surface area contributed by atoms with E-state index in [1.54, 1.807) is 13.3 Å². The maximum absolute atomic E-state index is 11.7. The first-order valence-corrected chi connectivity index (χ1v) is 9.34. The van der Waals surface area contributed by atoms with Gasteiger partial charge in [-0.1, -0.05) is 48.6 Å². The van der Waals surface area contributed by atoms with Crippen LogP contribution in [-0.4, -0.2) is 18.4 Å². The molecule has 1 aromatic heterocycles. The van der Waals surface area contributed by atoms with Crippen LogP contribution >= 0.6 is 0 Å². The summed E-state index contributed by atoms with van der Waals surface area (Å²) >= 11 is 0. The van der Waals surface area contributed by atoms with E-state index in [1.807, 2.05) is 79.0 Å². The normalized spacial score (nSPS) is 14.9. The van der Waals surface area contributed by atoms with Crippen molar-refractivity contribution in [3.8, 4) is 5.75 Å². The van der Waals surface area contributed by atoms with Gasteiger partial charge < -0.3 is 20.2 Å². The average molecular weight is 383 g/mol. The van der Waals surface area contributed by atoms with Gasteiger partial charge in [-0.25, -0.2) is 4.98 Å². The first-order valence-electron chi connectivity index (χ1n) is 9.34. The third-order valence-corrected chi connectivity index (χ3v) is 4.78. The number of ether oxygens (including phenoxy) is 1. The topological polar surface area (TPSA) is 63.2 Å². The Kier molecular flexibility index (Phi) is 5.38. The summed E-state index contributed by atoms with van der Waals surface area (Å²) in [6.07, 6.45) is 10.5. The van der Waals surface area contributed by atoms with Gasteiger partial charge in [0.2, 0.25) is 0 Å². The number of pyridine rings is 1. The summed E-state index contributed by atoms with van der Waals surface area (Å²) < 4.78 is 5.42. The molecule has 144 valence electrons. The molecule has 1 aliphatic rings. The average Bonchev–Trinajstić information content (AvgIpc) is 2.79. The SMILES string of the molecule is COc1ccccc1/C=C/c1cnc(Nc2ccccc2)c2c1C=CNC2C=O. The summed E-state index contributed by atoms with van der Waals surface area (Å²) in [6.45, 7) is 0. The van der Waals surface area contributed by atoms with Gasteiger partial charge in [0.15, 0.2) is 0 Å². The van der Waals surface area contributed by atoms with E-state index >= 15 is 0 Å². The highest BCUT2D eigenvalue weighted by Gasteiger charge is 2.23. The lowest BCUT2D eigenvalue weighted by molar-refractivity contribution is -0.109. The molecule has 0 spiro atoms. The lowest BCUT2D eigenvalue weighted by Crippen LogP contribution is -2.23. The molecule has 0 bridgehead atoms. The molecule has 2 heterocycles. The third kappa shape index (κ3) is 3.89. The van der Waals surface area contributed by atoms with Crippen LogP contribution in [0.4, 0.5) is 11.5 Å². The van der Waals surface area contributed by atoms with E-state index in [1.165, 1.54) is 0 Å². The molecule has 0 radical (unpaired) electrons. The smallest absolute Gasteiger partial charge is 0.146 e. The highest BCUT2D eigenvalue weighted by molar-refractivity contribution is 5.83. The molecule has 1 atom stereocenters. The van der Waals surface area contributed by atoms with Crippen molar-refractivity contribution in [1.29, 1.82) is 0 Å². The fourth-order valence-corrected chi connectivity index (χ4v) is 3.36. The van der Waals surface area contributed by atoms with Crippen LogP contribution in [0.1, 0.15) is 28.3 Å². The van der Waals surface area contributed by atoms with Crippen LogP contribution in [0.15, 0.2) is 67.0 Å². The molecule has 0 amide bonds. The Bertz CT molecular complexity index is 1070. The number of carbonyl (C=O) groups excluding carboxylic acids is 1. The van der Waals surface area contributed by atoms with Gasteiger partial charge in [0.05, 0.1) is 7.11 Å². The van der Waals surface area contributed by atoms with E-state index in [2.05, 4.69) is 15.6 Å². The number of hydrogen-bond donors (Lipinski definition) is 2. The Hall–Kier alpha value is -3.86.